The van der Waals surface area contributed by atoms with Crippen molar-refractivity contribution in [2.75, 3.05) is 6.54 Å². The van der Waals surface area contributed by atoms with Gasteiger partial charge in [0.1, 0.15) is 5.69 Å². The van der Waals surface area contributed by atoms with Gasteiger partial charge in [0.25, 0.3) is 5.91 Å². The monoisotopic (exact) mass is 358 g/mol. The summed E-state index contributed by atoms with van der Waals surface area (Å²) < 4.78 is 1.58. The minimum Gasteiger partial charge on any atom is -0.387 e. The number of carbonyl (C=O) groups excluding carboxylic acids is 1. The lowest BCUT2D eigenvalue weighted by Crippen LogP contribution is -2.29. The highest BCUT2D eigenvalue weighted by Crippen LogP contribution is 2.20. The zero-order valence-electron chi connectivity index (χ0n) is 14.5. The number of pyridine rings is 1. The van der Waals surface area contributed by atoms with E-state index in [0.29, 0.717) is 5.82 Å². The molecule has 4 rings (SSSR count). The van der Waals surface area contributed by atoms with E-state index in [2.05, 4.69) is 15.4 Å². The Morgan fingerprint density at radius 1 is 1.04 bits per heavy atom. The van der Waals surface area contributed by atoms with Gasteiger partial charge in [-0.1, -0.05) is 42.5 Å². The Hall–Kier alpha value is -3.51. The smallest absolute Gasteiger partial charge is 0.270 e. The highest BCUT2D eigenvalue weighted by molar-refractivity contribution is 5.92. The average molecular weight is 358 g/mol. The molecule has 2 N–H and O–H groups in total. The zero-order chi connectivity index (χ0) is 18.6. The van der Waals surface area contributed by atoms with Gasteiger partial charge in [-0.15, -0.1) is 0 Å². The summed E-state index contributed by atoms with van der Waals surface area (Å²) in [7, 11) is 0. The van der Waals surface area contributed by atoms with Crippen LogP contribution in [0.2, 0.25) is 0 Å². The fraction of sp³-hybridized carbons (Fsp3) is 0.0952. The maximum atomic E-state index is 12.4. The molecular weight excluding hydrogens is 340 g/mol. The molecule has 1 amide bonds. The highest BCUT2D eigenvalue weighted by Gasteiger charge is 2.13. The van der Waals surface area contributed by atoms with Crippen molar-refractivity contribution in [3.8, 4) is 5.82 Å². The molecule has 0 saturated carbocycles. The van der Waals surface area contributed by atoms with E-state index in [0.717, 1.165) is 16.3 Å². The van der Waals surface area contributed by atoms with Crippen LogP contribution in [0.3, 0.4) is 0 Å². The molecule has 27 heavy (non-hydrogen) atoms. The minimum absolute atomic E-state index is 0.102. The number of fused-ring (bicyclic) bond motifs is 1. The molecule has 0 aliphatic carbocycles. The summed E-state index contributed by atoms with van der Waals surface area (Å²) in [4.78, 5) is 16.7. The first kappa shape index (κ1) is 16.9. The first-order valence-corrected chi connectivity index (χ1v) is 8.63. The molecule has 4 aromatic rings. The Bertz CT molecular complexity index is 1080. The molecule has 2 heterocycles. The van der Waals surface area contributed by atoms with Crippen LogP contribution in [-0.2, 0) is 0 Å². The Morgan fingerprint density at radius 3 is 2.70 bits per heavy atom. The summed E-state index contributed by atoms with van der Waals surface area (Å²) >= 11 is 0. The topological polar surface area (TPSA) is 80.0 Å². The molecule has 0 saturated heterocycles. The van der Waals surface area contributed by atoms with Crippen LogP contribution in [0.5, 0.6) is 0 Å². The van der Waals surface area contributed by atoms with E-state index in [-0.39, 0.29) is 18.1 Å². The summed E-state index contributed by atoms with van der Waals surface area (Å²) in [5.74, 6) is 0.214. The van der Waals surface area contributed by atoms with Gasteiger partial charge in [-0.05, 0) is 40.6 Å². The third-order valence-electron chi connectivity index (χ3n) is 4.32. The Labute approximate surface area is 156 Å². The van der Waals surface area contributed by atoms with E-state index in [1.165, 1.54) is 0 Å². The van der Waals surface area contributed by atoms with Crippen LogP contribution >= 0.6 is 0 Å². The summed E-state index contributed by atoms with van der Waals surface area (Å²) in [6.07, 6.45) is 2.61. The minimum atomic E-state index is -0.798. The summed E-state index contributed by atoms with van der Waals surface area (Å²) in [6.45, 7) is 0.102. The fourth-order valence-corrected chi connectivity index (χ4v) is 2.89. The first-order chi connectivity index (χ1) is 13.2. The highest BCUT2D eigenvalue weighted by atomic mass is 16.3. The molecule has 1 unspecified atom stereocenters. The van der Waals surface area contributed by atoms with Crippen LogP contribution in [0.15, 0.2) is 79.1 Å². The zero-order valence-corrected chi connectivity index (χ0v) is 14.5. The SMILES string of the molecule is O=C(NCC(O)c1ccc2ccccc2c1)c1cccc(-n2cccn2)n1. The van der Waals surface area contributed by atoms with Gasteiger partial charge < -0.3 is 10.4 Å². The van der Waals surface area contributed by atoms with E-state index in [1.807, 2.05) is 42.5 Å². The van der Waals surface area contributed by atoms with Crippen LogP contribution < -0.4 is 5.32 Å². The largest absolute Gasteiger partial charge is 0.387 e. The number of nitrogens with one attached hydrogen (secondary N) is 1. The van der Waals surface area contributed by atoms with Gasteiger partial charge >= 0.3 is 0 Å². The fourth-order valence-electron chi connectivity index (χ4n) is 2.89. The normalized spacial score (nSPS) is 12.0. The number of hydrogen-bond donors (Lipinski definition) is 2. The second-order valence-electron chi connectivity index (χ2n) is 6.16. The molecular formula is C21H18N4O2. The third-order valence-corrected chi connectivity index (χ3v) is 4.32. The Kier molecular flexibility index (Phi) is 4.63. The predicted molar refractivity (Wildman–Crippen MR) is 103 cm³/mol. The number of nitrogens with zero attached hydrogens (tertiary/aromatic N) is 3. The molecule has 0 bridgehead atoms. The number of carbonyl (C=O) groups is 1. The molecule has 0 aliphatic heterocycles. The molecule has 1 atom stereocenters. The number of amides is 1. The second kappa shape index (κ2) is 7.39. The molecule has 6 heteroatoms. The molecule has 6 nitrogen and oxygen atoms in total. The summed E-state index contributed by atoms with van der Waals surface area (Å²) in [6, 6.07) is 20.6. The van der Waals surface area contributed by atoms with Crippen molar-refractivity contribution >= 4 is 16.7 Å². The third kappa shape index (κ3) is 3.70. The lowest BCUT2D eigenvalue weighted by molar-refractivity contribution is 0.0911. The number of aliphatic hydroxyl groups is 1. The average Bonchev–Trinajstić information content (AvgIpc) is 3.26. The number of benzene rings is 2. The van der Waals surface area contributed by atoms with Gasteiger partial charge in [-0.25, -0.2) is 9.67 Å². The van der Waals surface area contributed by atoms with Crippen molar-refractivity contribution in [3.05, 3.63) is 90.4 Å². The maximum absolute atomic E-state index is 12.4. The summed E-state index contributed by atoms with van der Waals surface area (Å²) in [5.41, 5.74) is 1.03. The first-order valence-electron chi connectivity index (χ1n) is 8.63. The number of rotatable bonds is 5. The van der Waals surface area contributed by atoms with Gasteiger partial charge in [0.15, 0.2) is 5.82 Å². The number of aliphatic hydroxyl groups excluding tert-OH is 1. The van der Waals surface area contributed by atoms with Crippen molar-refractivity contribution in [2.45, 2.75) is 6.10 Å². The van der Waals surface area contributed by atoms with E-state index >= 15 is 0 Å². The van der Waals surface area contributed by atoms with E-state index < -0.39 is 6.10 Å². The Morgan fingerprint density at radius 2 is 1.89 bits per heavy atom. The van der Waals surface area contributed by atoms with Crippen LogP contribution in [0, 0.1) is 0 Å². The Balaban J connectivity index is 1.44. The number of aromatic nitrogens is 3. The van der Waals surface area contributed by atoms with Crippen molar-refractivity contribution in [3.63, 3.8) is 0 Å². The van der Waals surface area contributed by atoms with Crippen LogP contribution in [0.4, 0.5) is 0 Å². The molecule has 134 valence electrons. The van der Waals surface area contributed by atoms with Gasteiger partial charge in [0.2, 0.25) is 0 Å². The summed E-state index contributed by atoms with van der Waals surface area (Å²) in [5, 5.41) is 19.4. The second-order valence-corrected chi connectivity index (χ2v) is 6.16. The van der Waals surface area contributed by atoms with Crippen molar-refractivity contribution < 1.29 is 9.90 Å². The van der Waals surface area contributed by atoms with Gasteiger partial charge in [0.05, 0.1) is 6.10 Å². The van der Waals surface area contributed by atoms with Crippen LogP contribution in [0.25, 0.3) is 16.6 Å². The van der Waals surface area contributed by atoms with Crippen molar-refractivity contribution in [1.29, 1.82) is 0 Å². The van der Waals surface area contributed by atoms with Crippen molar-refractivity contribution in [1.82, 2.24) is 20.1 Å². The molecule has 0 radical (unpaired) electrons. The van der Waals surface area contributed by atoms with Crippen molar-refractivity contribution in [2.24, 2.45) is 0 Å². The molecule has 2 aromatic heterocycles. The quantitative estimate of drug-likeness (QED) is 0.575. The van der Waals surface area contributed by atoms with Crippen LogP contribution in [0.1, 0.15) is 22.2 Å². The molecule has 0 fully saturated rings. The predicted octanol–water partition coefficient (Wildman–Crippen LogP) is 2.88. The maximum Gasteiger partial charge on any atom is 0.270 e. The molecule has 0 spiro atoms. The number of hydrogen-bond acceptors (Lipinski definition) is 4. The van der Waals surface area contributed by atoms with E-state index in [9.17, 15) is 9.90 Å². The van der Waals surface area contributed by atoms with Gasteiger partial charge in [-0.2, -0.15) is 5.10 Å². The van der Waals surface area contributed by atoms with Crippen LogP contribution in [-0.4, -0.2) is 32.3 Å². The van der Waals surface area contributed by atoms with E-state index in [4.69, 9.17) is 0 Å². The standard InChI is InChI=1S/C21H18N4O2/c26-19(17-10-9-15-5-1-2-6-16(15)13-17)14-22-21(27)18-7-3-8-20(24-18)25-12-4-11-23-25/h1-13,19,26H,14H2,(H,22,27). The lowest BCUT2D eigenvalue weighted by Gasteiger charge is -2.13. The molecule has 2 aromatic carbocycles. The van der Waals surface area contributed by atoms with E-state index in [1.54, 1.807) is 41.3 Å². The van der Waals surface area contributed by atoms with Gasteiger partial charge in [0, 0.05) is 18.9 Å². The molecule has 0 aliphatic rings. The van der Waals surface area contributed by atoms with Gasteiger partial charge in [-0.3, -0.25) is 4.79 Å². The lowest BCUT2D eigenvalue weighted by atomic mass is 10.0.